The van der Waals surface area contributed by atoms with Crippen LogP contribution in [0.1, 0.15) is 64.2 Å². The number of esters is 5. The van der Waals surface area contributed by atoms with Crippen molar-refractivity contribution in [2.45, 2.75) is 82.3 Å². The molecule has 3 aliphatic carbocycles. The lowest BCUT2D eigenvalue weighted by Crippen LogP contribution is -2.62. The van der Waals surface area contributed by atoms with Crippen LogP contribution >= 0.6 is 0 Å². The van der Waals surface area contributed by atoms with E-state index in [1.807, 2.05) is 4.90 Å². The van der Waals surface area contributed by atoms with Gasteiger partial charge in [-0.05, 0) is 25.7 Å². The van der Waals surface area contributed by atoms with Crippen molar-refractivity contribution in [3.63, 3.8) is 0 Å². The van der Waals surface area contributed by atoms with Crippen LogP contribution < -0.4 is 0 Å². The maximum Gasteiger partial charge on any atom is 0.339 e. The van der Waals surface area contributed by atoms with Crippen LogP contribution in [0.4, 0.5) is 0 Å². The second-order valence-electron chi connectivity index (χ2n) is 10.6. The summed E-state index contributed by atoms with van der Waals surface area (Å²) in [6.07, 6.45) is 9.26. The van der Waals surface area contributed by atoms with Gasteiger partial charge in [0, 0.05) is 11.6 Å². The number of amidine groups is 1. The number of hydrogen-bond donors (Lipinski definition) is 0. The number of fused-ring (bicyclic) bond motifs is 1. The van der Waals surface area contributed by atoms with Gasteiger partial charge in [0.2, 0.25) is 0 Å². The van der Waals surface area contributed by atoms with Gasteiger partial charge in [0.1, 0.15) is 5.84 Å². The number of rotatable bonds is 7. The Morgan fingerprint density at radius 3 is 1.50 bits per heavy atom. The van der Waals surface area contributed by atoms with Gasteiger partial charge in [-0.25, -0.2) is 24.0 Å². The summed E-state index contributed by atoms with van der Waals surface area (Å²) >= 11 is 0. The molecule has 0 aromatic rings. The van der Waals surface area contributed by atoms with Crippen molar-refractivity contribution in [1.82, 2.24) is 4.90 Å². The second-order valence-corrected chi connectivity index (χ2v) is 10.6. The van der Waals surface area contributed by atoms with E-state index in [4.69, 9.17) is 28.7 Å². The van der Waals surface area contributed by atoms with Gasteiger partial charge in [-0.3, -0.25) is 4.99 Å². The van der Waals surface area contributed by atoms with E-state index in [0.717, 1.165) is 99.8 Å². The van der Waals surface area contributed by atoms with Crippen LogP contribution in [0.15, 0.2) is 38.4 Å². The van der Waals surface area contributed by atoms with Crippen LogP contribution in [0, 0.1) is 0 Å². The Kier molecular flexibility index (Phi) is 9.85. The normalized spacial score (nSPS) is 22.6. The smallest absolute Gasteiger partial charge is 0.339 e. The number of carbonyl (C=O) groups excluding carboxylic acids is 5. The Bertz CT molecular complexity index is 1280. The molecule has 0 radical (unpaired) electrons. The van der Waals surface area contributed by atoms with Gasteiger partial charge in [0.25, 0.3) is 0 Å². The van der Waals surface area contributed by atoms with Gasteiger partial charge in [0.15, 0.2) is 0 Å². The minimum atomic E-state index is -1.16. The number of ether oxygens (including phenoxy) is 5. The predicted octanol–water partition coefficient (Wildman–Crippen LogP) is 2.50. The number of hydrogen-bond acceptors (Lipinski definition) is 11. The van der Waals surface area contributed by atoms with E-state index < -0.39 is 52.6 Å². The molecule has 3 fully saturated rings. The Labute approximate surface area is 244 Å². The molecule has 0 N–H and O–H groups in total. The van der Waals surface area contributed by atoms with E-state index in [2.05, 4.69) is 0 Å². The third kappa shape index (κ3) is 5.46. The largest absolute Gasteiger partial charge is 0.466 e. The molecule has 12 nitrogen and oxygen atoms in total. The van der Waals surface area contributed by atoms with Gasteiger partial charge < -0.3 is 28.6 Å². The first-order chi connectivity index (χ1) is 20.2. The average Bonchev–Trinajstić information content (AvgIpc) is 3.14. The average molecular weight is 587 g/mol. The lowest BCUT2D eigenvalue weighted by molar-refractivity contribution is -0.142. The van der Waals surface area contributed by atoms with Gasteiger partial charge in [-0.15, -0.1) is 0 Å². The number of nitrogens with zero attached hydrogens (tertiary/aromatic N) is 2. The molecule has 228 valence electrons. The Morgan fingerprint density at radius 1 is 0.571 bits per heavy atom. The molecule has 0 amide bonds. The highest BCUT2D eigenvalue weighted by molar-refractivity contribution is 6.26. The maximum absolute atomic E-state index is 13.6. The fourth-order valence-corrected chi connectivity index (χ4v) is 6.47. The number of likely N-dealkylation sites (tertiary alicyclic amines) is 1. The molecule has 0 bridgehead atoms. The van der Waals surface area contributed by atoms with E-state index in [0.29, 0.717) is 5.84 Å². The minimum Gasteiger partial charge on any atom is -0.466 e. The Balaban J connectivity index is 2.18. The summed E-state index contributed by atoms with van der Waals surface area (Å²) in [5, 5.41) is 0. The highest BCUT2D eigenvalue weighted by atomic mass is 16.5. The zero-order chi connectivity index (χ0) is 30.6. The standard InChI is InChI=1S/C30H38N2O10/c1-38-26(33)18-19(27(34)39-2)21(29(36)41-4)23(30(37)42-5)24-22(20(18)28(35)40-3)25(31-16-12-8-6-9-13-16)32(24)17-14-10-7-11-15-17/h16-17,24H,6-15H2,1-5H3. The summed E-state index contributed by atoms with van der Waals surface area (Å²) in [5.74, 6) is -4.83. The number of methoxy groups -OCH3 is 5. The molecule has 0 aromatic carbocycles. The third-order valence-corrected chi connectivity index (χ3v) is 8.41. The second kappa shape index (κ2) is 13.3. The number of aliphatic imine (C=N–C) groups is 1. The topological polar surface area (TPSA) is 147 Å². The molecule has 0 aromatic heterocycles. The van der Waals surface area contributed by atoms with Crippen LogP contribution in [0.5, 0.6) is 0 Å². The molecule has 1 aliphatic heterocycles. The summed E-state index contributed by atoms with van der Waals surface area (Å²) < 4.78 is 25.3. The molecule has 1 atom stereocenters. The van der Waals surface area contributed by atoms with Gasteiger partial charge in [0.05, 0.1) is 75.5 Å². The summed E-state index contributed by atoms with van der Waals surface area (Å²) in [7, 11) is 5.47. The highest BCUT2D eigenvalue weighted by Gasteiger charge is 2.56. The number of carbonyl (C=O) groups is 5. The lowest BCUT2D eigenvalue weighted by atomic mass is 9.78. The molecule has 0 spiro atoms. The molecular weight excluding hydrogens is 548 g/mol. The molecule has 2 saturated carbocycles. The van der Waals surface area contributed by atoms with Gasteiger partial charge in [-0.2, -0.15) is 0 Å². The van der Waals surface area contributed by atoms with E-state index in [1.165, 1.54) is 0 Å². The van der Waals surface area contributed by atoms with Crippen LogP contribution in [-0.2, 0) is 47.7 Å². The molecule has 1 saturated heterocycles. The van der Waals surface area contributed by atoms with E-state index in [1.54, 1.807) is 0 Å². The zero-order valence-electron chi connectivity index (χ0n) is 24.8. The Morgan fingerprint density at radius 2 is 1.00 bits per heavy atom. The quantitative estimate of drug-likeness (QED) is 0.320. The SMILES string of the molecule is COC(=O)C1=C(C(=O)OC)C(C(=O)OC)=C2C(=NC3CCCCC3)N(C3CCCCC3)C2C(C(=O)OC)=C1C(=O)OC. The first-order valence-electron chi connectivity index (χ1n) is 14.3. The van der Waals surface area contributed by atoms with E-state index >= 15 is 0 Å². The summed E-state index contributed by atoms with van der Waals surface area (Å²) in [6, 6.07) is -1.20. The molecule has 12 heteroatoms. The van der Waals surface area contributed by atoms with Crippen LogP contribution in [0.25, 0.3) is 0 Å². The maximum atomic E-state index is 13.6. The van der Waals surface area contributed by atoms with Crippen molar-refractivity contribution in [3.05, 3.63) is 33.4 Å². The molecule has 1 heterocycles. The molecule has 1 unspecified atom stereocenters. The van der Waals surface area contributed by atoms with Crippen LogP contribution in [-0.4, -0.2) is 94.3 Å². The molecular formula is C30H38N2O10. The monoisotopic (exact) mass is 586 g/mol. The molecule has 4 aliphatic rings. The first kappa shape index (κ1) is 31.0. The van der Waals surface area contributed by atoms with Crippen molar-refractivity contribution < 1.29 is 47.7 Å². The minimum absolute atomic E-state index is 0.0493. The van der Waals surface area contributed by atoms with Crippen molar-refractivity contribution in [1.29, 1.82) is 0 Å². The summed E-state index contributed by atoms with van der Waals surface area (Å²) in [5.41, 5.74) is -2.16. The zero-order valence-corrected chi connectivity index (χ0v) is 24.8. The fraction of sp³-hybridized carbons (Fsp3) is 0.600. The van der Waals surface area contributed by atoms with Gasteiger partial charge >= 0.3 is 29.8 Å². The predicted molar refractivity (Wildman–Crippen MR) is 148 cm³/mol. The van der Waals surface area contributed by atoms with E-state index in [9.17, 15) is 24.0 Å². The molecule has 4 rings (SSSR count). The molecule has 42 heavy (non-hydrogen) atoms. The lowest BCUT2D eigenvalue weighted by Gasteiger charge is -2.52. The third-order valence-electron chi connectivity index (χ3n) is 8.41. The van der Waals surface area contributed by atoms with E-state index in [-0.39, 0.29) is 28.8 Å². The fourth-order valence-electron chi connectivity index (χ4n) is 6.47. The van der Waals surface area contributed by atoms with Gasteiger partial charge in [-0.1, -0.05) is 38.5 Å². The van der Waals surface area contributed by atoms with Crippen molar-refractivity contribution >= 4 is 35.7 Å². The van der Waals surface area contributed by atoms with Crippen molar-refractivity contribution in [2.75, 3.05) is 35.5 Å². The van der Waals surface area contributed by atoms with Crippen molar-refractivity contribution in [2.24, 2.45) is 4.99 Å². The summed E-state index contributed by atoms with van der Waals surface area (Å²) in [4.78, 5) is 74.6. The van der Waals surface area contributed by atoms with Crippen molar-refractivity contribution in [3.8, 4) is 0 Å². The van der Waals surface area contributed by atoms with Crippen LogP contribution in [0.2, 0.25) is 0 Å². The highest BCUT2D eigenvalue weighted by Crippen LogP contribution is 2.47. The van der Waals surface area contributed by atoms with Crippen LogP contribution in [0.3, 0.4) is 0 Å². The Hall–Kier alpha value is -3.96. The summed E-state index contributed by atoms with van der Waals surface area (Å²) in [6.45, 7) is 0. The first-order valence-corrected chi connectivity index (χ1v) is 14.3.